The molecule has 176 valence electrons. The van der Waals surface area contributed by atoms with Crippen LogP contribution < -0.4 is 24.3 Å². The van der Waals surface area contributed by atoms with Crippen molar-refractivity contribution in [1.82, 2.24) is 14.8 Å². The standard InChI is InChI=1S/C27H24N4O4/c1-32-20-13-17(14-21(33-2)26(20)34-3)24-22-23(30-27-28-15-29-31(24)27)18-11-7-8-12-19(18)35-25(22)16-9-5-4-6-10-16/h4-15,24-25H,1-3H3,(H,28,29,30)/t24-,25+/m1/s1. The van der Waals surface area contributed by atoms with Gasteiger partial charge in [0.25, 0.3) is 0 Å². The lowest BCUT2D eigenvalue weighted by atomic mass is 9.84. The summed E-state index contributed by atoms with van der Waals surface area (Å²) in [4.78, 5) is 4.49. The molecule has 0 unspecified atom stereocenters. The van der Waals surface area contributed by atoms with Crippen molar-refractivity contribution in [3.8, 4) is 23.0 Å². The monoisotopic (exact) mass is 468 g/mol. The zero-order valence-corrected chi connectivity index (χ0v) is 19.6. The smallest absolute Gasteiger partial charge is 0.226 e. The Kier molecular flexibility index (Phi) is 5.06. The Hall–Kier alpha value is -4.46. The number of hydrogen-bond acceptors (Lipinski definition) is 7. The van der Waals surface area contributed by atoms with Gasteiger partial charge in [-0.1, -0.05) is 42.5 Å². The average Bonchev–Trinajstić information content (AvgIpc) is 3.39. The van der Waals surface area contributed by atoms with E-state index in [9.17, 15) is 0 Å². The van der Waals surface area contributed by atoms with E-state index >= 15 is 0 Å². The van der Waals surface area contributed by atoms with Gasteiger partial charge in [0, 0.05) is 11.1 Å². The first-order chi connectivity index (χ1) is 17.2. The summed E-state index contributed by atoms with van der Waals surface area (Å²) >= 11 is 0. The van der Waals surface area contributed by atoms with E-state index in [4.69, 9.17) is 18.9 Å². The van der Waals surface area contributed by atoms with E-state index in [-0.39, 0.29) is 12.1 Å². The highest BCUT2D eigenvalue weighted by molar-refractivity contribution is 5.85. The molecule has 0 saturated heterocycles. The second kappa shape index (κ2) is 8.39. The molecule has 8 nitrogen and oxygen atoms in total. The highest BCUT2D eigenvalue weighted by Crippen LogP contribution is 2.52. The van der Waals surface area contributed by atoms with Crippen LogP contribution in [-0.2, 0) is 0 Å². The molecule has 0 amide bonds. The molecule has 4 aromatic rings. The third-order valence-electron chi connectivity index (χ3n) is 6.43. The molecule has 1 aromatic heterocycles. The van der Waals surface area contributed by atoms with Gasteiger partial charge in [-0.15, -0.1) is 0 Å². The van der Waals surface area contributed by atoms with Crippen LogP contribution in [0.15, 0.2) is 78.6 Å². The molecule has 2 aliphatic heterocycles. The molecule has 1 N–H and O–H groups in total. The summed E-state index contributed by atoms with van der Waals surface area (Å²) in [5, 5.41) is 8.10. The number of fused-ring (bicyclic) bond motifs is 3. The first kappa shape index (κ1) is 21.1. The van der Waals surface area contributed by atoms with E-state index in [1.165, 1.54) is 0 Å². The van der Waals surface area contributed by atoms with E-state index in [2.05, 4.69) is 33.6 Å². The zero-order chi connectivity index (χ0) is 23.9. The normalized spacial score (nSPS) is 17.9. The fraction of sp³-hybridized carbons (Fsp3) is 0.185. The van der Waals surface area contributed by atoms with Crippen molar-refractivity contribution in [2.45, 2.75) is 12.1 Å². The number of benzene rings is 3. The number of methoxy groups -OCH3 is 3. The quantitative estimate of drug-likeness (QED) is 0.448. The number of anilines is 1. The van der Waals surface area contributed by atoms with Crippen molar-refractivity contribution in [2.24, 2.45) is 0 Å². The molecule has 0 fully saturated rings. The highest BCUT2D eigenvalue weighted by Gasteiger charge is 2.41. The van der Waals surface area contributed by atoms with E-state index in [0.29, 0.717) is 23.2 Å². The van der Waals surface area contributed by atoms with Gasteiger partial charge in [0.2, 0.25) is 11.7 Å². The van der Waals surface area contributed by atoms with Crippen LogP contribution in [0.2, 0.25) is 0 Å². The maximum atomic E-state index is 6.64. The van der Waals surface area contributed by atoms with E-state index in [0.717, 1.165) is 33.7 Å². The molecule has 0 aliphatic carbocycles. The van der Waals surface area contributed by atoms with Crippen molar-refractivity contribution < 1.29 is 18.9 Å². The number of nitrogens with zero attached hydrogens (tertiary/aromatic N) is 3. The predicted octanol–water partition coefficient (Wildman–Crippen LogP) is 4.86. The SMILES string of the molecule is COc1cc([C@@H]2C3=C(Nc4ncnn42)c2ccccc2O[C@H]3c2ccccc2)cc(OC)c1OC. The third kappa shape index (κ3) is 3.29. The molecule has 0 spiro atoms. The number of ether oxygens (including phenoxy) is 4. The lowest BCUT2D eigenvalue weighted by molar-refractivity contribution is 0.223. The average molecular weight is 469 g/mol. The first-order valence-electron chi connectivity index (χ1n) is 11.2. The Morgan fingerprint density at radius 3 is 2.29 bits per heavy atom. The Morgan fingerprint density at radius 1 is 0.857 bits per heavy atom. The van der Waals surface area contributed by atoms with E-state index < -0.39 is 0 Å². The molecule has 0 saturated carbocycles. The van der Waals surface area contributed by atoms with Gasteiger partial charge in [-0.25, -0.2) is 4.68 Å². The van der Waals surface area contributed by atoms with Crippen LogP contribution >= 0.6 is 0 Å². The number of nitrogens with one attached hydrogen (secondary N) is 1. The van der Waals surface area contributed by atoms with Gasteiger partial charge in [-0.2, -0.15) is 10.1 Å². The Labute approximate surface area is 202 Å². The van der Waals surface area contributed by atoms with E-state index in [1.54, 1.807) is 27.7 Å². The van der Waals surface area contributed by atoms with Crippen molar-refractivity contribution in [3.05, 3.63) is 95.3 Å². The lowest BCUT2D eigenvalue weighted by Gasteiger charge is -2.39. The minimum absolute atomic E-state index is 0.337. The summed E-state index contributed by atoms with van der Waals surface area (Å²) in [6, 6.07) is 21.8. The number of rotatable bonds is 5. The van der Waals surface area contributed by atoms with Crippen LogP contribution in [0.25, 0.3) is 5.70 Å². The summed E-state index contributed by atoms with van der Waals surface area (Å²) in [6.07, 6.45) is 1.20. The van der Waals surface area contributed by atoms with Crippen LogP contribution in [0.3, 0.4) is 0 Å². The Bertz CT molecular complexity index is 1410. The molecule has 6 rings (SSSR count). The van der Waals surface area contributed by atoms with Crippen LogP contribution in [0.1, 0.15) is 28.8 Å². The molecule has 3 heterocycles. The lowest BCUT2D eigenvalue weighted by Crippen LogP contribution is -2.32. The largest absolute Gasteiger partial charge is 0.493 e. The number of aromatic nitrogens is 3. The van der Waals surface area contributed by atoms with Crippen molar-refractivity contribution >= 4 is 11.6 Å². The molecule has 0 bridgehead atoms. The minimum Gasteiger partial charge on any atom is -0.493 e. The summed E-state index contributed by atoms with van der Waals surface area (Å²) in [5.74, 6) is 3.12. The second-order valence-corrected chi connectivity index (χ2v) is 8.25. The molecule has 8 heteroatoms. The van der Waals surface area contributed by atoms with Gasteiger partial charge in [-0.05, 0) is 35.4 Å². The topological polar surface area (TPSA) is 79.7 Å². The highest BCUT2D eigenvalue weighted by atomic mass is 16.5. The van der Waals surface area contributed by atoms with Crippen LogP contribution in [-0.4, -0.2) is 36.1 Å². The van der Waals surface area contributed by atoms with Gasteiger partial charge in [0.15, 0.2) is 11.5 Å². The third-order valence-corrected chi connectivity index (χ3v) is 6.43. The van der Waals surface area contributed by atoms with Crippen molar-refractivity contribution in [3.63, 3.8) is 0 Å². The Morgan fingerprint density at radius 2 is 1.57 bits per heavy atom. The summed E-state index contributed by atoms with van der Waals surface area (Å²) in [7, 11) is 4.82. The van der Waals surface area contributed by atoms with Gasteiger partial charge < -0.3 is 24.3 Å². The molecule has 2 atom stereocenters. The molecule has 2 aliphatic rings. The summed E-state index contributed by atoms with van der Waals surface area (Å²) < 4.78 is 25.4. The maximum Gasteiger partial charge on any atom is 0.226 e. The van der Waals surface area contributed by atoms with Gasteiger partial charge in [-0.3, -0.25) is 0 Å². The maximum absolute atomic E-state index is 6.64. The fourth-order valence-corrected chi connectivity index (χ4v) is 4.90. The fourth-order valence-electron chi connectivity index (χ4n) is 4.90. The molecule has 0 radical (unpaired) electrons. The first-order valence-corrected chi connectivity index (χ1v) is 11.2. The second-order valence-electron chi connectivity index (χ2n) is 8.25. The minimum atomic E-state index is -0.352. The van der Waals surface area contributed by atoms with Crippen LogP contribution in [0, 0.1) is 0 Å². The molecule has 35 heavy (non-hydrogen) atoms. The Balaban J connectivity index is 1.64. The van der Waals surface area contributed by atoms with Gasteiger partial charge in [0.1, 0.15) is 24.2 Å². The zero-order valence-electron chi connectivity index (χ0n) is 19.6. The van der Waals surface area contributed by atoms with Gasteiger partial charge in [0.05, 0.1) is 27.0 Å². The van der Waals surface area contributed by atoms with Crippen LogP contribution in [0.4, 0.5) is 5.95 Å². The van der Waals surface area contributed by atoms with Crippen LogP contribution in [0.5, 0.6) is 23.0 Å². The summed E-state index contributed by atoms with van der Waals surface area (Å²) in [5.41, 5.74) is 4.89. The molecular weight excluding hydrogens is 444 g/mol. The predicted molar refractivity (Wildman–Crippen MR) is 131 cm³/mol. The molecule has 3 aromatic carbocycles. The van der Waals surface area contributed by atoms with Crippen molar-refractivity contribution in [2.75, 3.05) is 26.6 Å². The number of hydrogen-bond donors (Lipinski definition) is 1. The number of para-hydroxylation sites is 1. The summed E-state index contributed by atoms with van der Waals surface area (Å²) in [6.45, 7) is 0. The van der Waals surface area contributed by atoms with Crippen molar-refractivity contribution in [1.29, 1.82) is 0 Å². The van der Waals surface area contributed by atoms with Gasteiger partial charge >= 0.3 is 0 Å². The molecular formula is C27H24N4O4. The van der Waals surface area contributed by atoms with E-state index in [1.807, 2.05) is 53.2 Å².